The lowest BCUT2D eigenvalue weighted by molar-refractivity contribution is -0.144. The number of hydrogen-bond donors (Lipinski definition) is 0. The van der Waals surface area contributed by atoms with Gasteiger partial charge in [-0.3, -0.25) is 9.10 Å². The molecule has 2 aromatic rings. The minimum atomic E-state index is -3.34. The van der Waals surface area contributed by atoms with E-state index in [2.05, 4.69) is 0 Å². The fraction of sp³-hybridized carbons (Fsp3) is 0.333. The first kappa shape index (κ1) is 20.9. The first-order chi connectivity index (χ1) is 13.6. The van der Waals surface area contributed by atoms with Crippen molar-refractivity contribution in [3.63, 3.8) is 0 Å². The molecule has 0 radical (unpaired) electrons. The van der Waals surface area contributed by atoms with Crippen LogP contribution in [0, 0.1) is 13.8 Å². The molecule has 0 bridgehead atoms. The molecule has 0 N–H and O–H groups in total. The molecule has 0 amide bonds. The minimum absolute atomic E-state index is 0.288. The van der Waals surface area contributed by atoms with Crippen molar-refractivity contribution < 1.29 is 27.5 Å². The third kappa shape index (κ3) is 4.95. The number of benzene rings is 2. The maximum absolute atomic E-state index is 12.3. The van der Waals surface area contributed by atoms with Gasteiger partial charge in [-0.05, 0) is 67.3 Å². The molecule has 0 atom stereocenters. The predicted octanol–water partition coefficient (Wildman–Crippen LogP) is 2.43. The number of carbonyl (C=O) groups is 2. The summed E-state index contributed by atoms with van der Waals surface area (Å²) in [6, 6.07) is 10.3. The van der Waals surface area contributed by atoms with Gasteiger partial charge >= 0.3 is 5.97 Å². The maximum atomic E-state index is 12.3. The molecule has 0 fully saturated rings. The minimum Gasteiger partial charge on any atom is -0.482 e. The van der Waals surface area contributed by atoms with Gasteiger partial charge in [-0.2, -0.15) is 0 Å². The van der Waals surface area contributed by atoms with Crippen LogP contribution < -0.4 is 9.04 Å². The predicted molar refractivity (Wildman–Crippen MR) is 109 cm³/mol. The van der Waals surface area contributed by atoms with E-state index >= 15 is 0 Å². The van der Waals surface area contributed by atoms with Crippen LogP contribution in [0.4, 0.5) is 5.69 Å². The lowest BCUT2D eigenvalue weighted by Crippen LogP contribution is -2.27. The van der Waals surface area contributed by atoms with Gasteiger partial charge in [0.2, 0.25) is 10.0 Å². The molecule has 3 rings (SSSR count). The van der Waals surface area contributed by atoms with Crippen LogP contribution in [-0.4, -0.2) is 46.2 Å². The van der Waals surface area contributed by atoms with Gasteiger partial charge in [-0.15, -0.1) is 0 Å². The lowest BCUT2D eigenvalue weighted by Gasteiger charge is -2.16. The third-order valence-corrected chi connectivity index (χ3v) is 6.03. The number of anilines is 1. The molecular formula is C21H23NO6S. The highest BCUT2D eigenvalue weighted by molar-refractivity contribution is 7.92. The van der Waals surface area contributed by atoms with E-state index in [4.69, 9.17) is 9.47 Å². The summed E-state index contributed by atoms with van der Waals surface area (Å²) < 4.78 is 35.3. The van der Waals surface area contributed by atoms with Crippen LogP contribution in [0.5, 0.6) is 5.75 Å². The van der Waals surface area contributed by atoms with Crippen molar-refractivity contribution in [1.82, 2.24) is 0 Å². The molecule has 1 aliphatic heterocycles. The fourth-order valence-electron chi connectivity index (χ4n) is 3.11. The van der Waals surface area contributed by atoms with Crippen LogP contribution >= 0.6 is 0 Å². The number of esters is 1. The molecule has 0 aromatic heterocycles. The number of aryl methyl sites for hydroxylation is 2. The molecule has 0 spiro atoms. The van der Waals surface area contributed by atoms with E-state index in [1.165, 1.54) is 4.31 Å². The molecule has 0 saturated heterocycles. The van der Waals surface area contributed by atoms with Crippen molar-refractivity contribution in [2.75, 3.05) is 30.3 Å². The normalized spacial score (nSPS) is 13.1. The van der Waals surface area contributed by atoms with Crippen molar-refractivity contribution >= 4 is 27.5 Å². The van der Waals surface area contributed by atoms with Crippen LogP contribution in [0.15, 0.2) is 36.4 Å². The van der Waals surface area contributed by atoms with Crippen LogP contribution in [0.2, 0.25) is 0 Å². The van der Waals surface area contributed by atoms with Gasteiger partial charge in [0.15, 0.2) is 19.0 Å². The second-order valence-corrected chi connectivity index (χ2v) is 8.95. The van der Waals surface area contributed by atoms with E-state index in [0.717, 1.165) is 22.9 Å². The Hall–Kier alpha value is -2.87. The molecule has 0 unspecified atom stereocenters. The van der Waals surface area contributed by atoms with E-state index in [-0.39, 0.29) is 12.4 Å². The van der Waals surface area contributed by atoms with Crippen molar-refractivity contribution in [3.05, 3.63) is 58.7 Å². The van der Waals surface area contributed by atoms with E-state index in [1.54, 1.807) is 24.3 Å². The summed E-state index contributed by atoms with van der Waals surface area (Å²) in [6.07, 6.45) is 1.69. The number of sulfonamides is 1. The second-order valence-electron chi connectivity index (χ2n) is 7.05. The molecule has 2 aromatic carbocycles. The Morgan fingerprint density at radius 2 is 1.79 bits per heavy atom. The number of nitrogens with zero attached hydrogens (tertiary/aromatic N) is 1. The van der Waals surface area contributed by atoms with E-state index in [9.17, 15) is 18.0 Å². The SMILES string of the molecule is Cc1ccc(OCC(=O)OCC(=O)c2ccc3c(c2)CCN3S(C)(=O)=O)cc1C. The van der Waals surface area contributed by atoms with E-state index in [1.807, 2.05) is 26.0 Å². The average Bonchev–Trinajstić information content (AvgIpc) is 3.10. The summed E-state index contributed by atoms with van der Waals surface area (Å²) >= 11 is 0. The number of Topliss-reactive ketones (excluding diaryl/α,β-unsaturated/α-hetero) is 1. The molecule has 1 aliphatic rings. The smallest absolute Gasteiger partial charge is 0.344 e. The van der Waals surface area contributed by atoms with Crippen molar-refractivity contribution in [2.24, 2.45) is 0 Å². The molecule has 1 heterocycles. The first-order valence-electron chi connectivity index (χ1n) is 9.14. The van der Waals surface area contributed by atoms with Gasteiger partial charge in [-0.1, -0.05) is 6.07 Å². The van der Waals surface area contributed by atoms with E-state index in [0.29, 0.717) is 30.0 Å². The standard InChI is InChI=1S/C21H23NO6S/c1-14-4-6-18(10-15(14)2)27-13-21(24)28-12-20(23)17-5-7-19-16(11-17)8-9-22(19)29(3,25)26/h4-7,10-11H,8-9,12-13H2,1-3H3. The zero-order valence-electron chi connectivity index (χ0n) is 16.6. The Morgan fingerprint density at radius 3 is 2.48 bits per heavy atom. The molecule has 8 heteroatoms. The van der Waals surface area contributed by atoms with Gasteiger partial charge in [0.05, 0.1) is 11.9 Å². The first-order valence-corrected chi connectivity index (χ1v) is 11.0. The highest BCUT2D eigenvalue weighted by atomic mass is 32.2. The summed E-state index contributed by atoms with van der Waals surface area (Å²) in [5.41, 5.74) is 3.92. The van der Waals surface area contributed by atoms with Crippen LogP contribution in [0.3, 0.4) is 0 Å². The summed E-state index contributed by atoms with van der Waals surface area (Å²) in [7, 11) is -3.34. The van der Waals surface area contributed by atoms with Crippen molar-refractivity contribution in [2.45, 2.75) is 20.3 Å². The fourth-order valence-corrected chi connectivity index (χ4v) is 4.06. The topological polar surface area (TPSA) is 90.0 Å². The number of carbonyl (C=O) groups excluding carboxylic acids is 2. The number of ether oxygens (including phenoxy) is 2. The van der Waals surface area contributed by atoms with E-state index < -0.39 is 22.6 Å². The quantitative estimate of drug-likeness (QED) is 0.508. The number of ketones is 1. The molecule has 7 nitrogen and oxygen atoms in total. The van der Waals surface area contributed by atoms with Gasteiger partial charge in [0.1, 0.15) is 5.75 Å². The van der Waals surface area contributed by atoms with Crippen molar-refractivity contribution in [1.29, 1.82) is 0 Å². The van der Waals surface area contributed by atoms with Crippen LogP contribution in [0.1, 0.15) is 27.0 Å². The highest BCUT2D eigenvalue weighted by Gasteiger charge is 2.26. The Labute approximate surface area is 170 Å². The van der Waals surface area contributed by atoms with Gasteiger partial charge in [-0.25, -0.2) is 13.2 Å². The lowest BCUT2D eigenvalue weighted by atomic mass is 10.1. The largest absolute Gasteiger partial charge is 0.482 e. The van der Waals surface area contributed by atoms with Gasteiger partial charge in [0.25, 0.3) is 0 Å². The van der Waals surface area contributed by atoms with Crippen molar-refractivity contribution in [3.8, 4) is 5.75 Å². The number of rotatable bonds is 7. The number of hydrogen-bond acceptors (Lipinski definition) is 6. The molecule has 0 saturated carbocycles. The zero-order valence-corrected chi connectivity index (χ0v) is 17.4. The third-order valence-electron chi connectivity index (χ3n) is 4.85. The molecular weight excluding hydrogens is 394 g/mol. The Bertz CT molecular complexity index is 1060. The summed E-state index contributed by atoms with van der Waals surface area (Å²) in [6.45, 7) is 3.60. The summed E-state index contributed by atoms with van der Waals surface area (Å²) in [5.74, 6) is -0.434. The molecule has 154 valence electrons. The Morgan fingerprint density at radius 1 is 1.03 bits per heavy atom. The second kappa shape index (κ2) is 8.24. The molecule has 29 heavy (non-hydrogen) atoms. The Balaban J connectivity index is 1.54. The van der Waals surface area contributed by atoms with Crippen LogP contribution in [-0.2, 0) is 26.0 Å². The summed E-state index contributed by atoms with van der Waals surface area (Å²) in [4.78, 5) is 24.2. The highest BCUT2D eigenvalue weighted by Crippen LogP contribution is 2.30. The Kier molecular flexibility index (Phi) is 5.93. The number of fused-ring (bicyclic) bond motifs is 1. The molecule has 0 aliphatic carbocycles. The van der Waals surface area contributed by atoms with Crippen LogP contribution in [0.25, 0.3) is 0 Å². The zero-order chi connectivity index (χ0) is 21.2. The van der Waals surface area contributed by atoms with Gasteiger partial charge < -0.3 is 9.47 Å². The van der Waals surface area contributed by atoms with Gasteiger partial charge in [0, 0.05) is 12.1 Å². The maximum Gasteiger partial charge on any atom is 0.344 e. The summed E-state index contributed by atoms with van der Waals surface area (Å²) in [5, 5.41) is 0. The average molecular weight is 417 g/mol. The monoisotopic (exact) mass is 417 g/mol.